The van der Waals surface area contributed by atoms with Gasteiger partial charge in [0, 0.05) is 56.8 Å². The predicted molar refractivity (Wildman–Crippen MR) is 131 cm³/mol. The zero-order valence-electron chi connectivity index (χ0n) is 18.5. The molecule has 2 aromatic carbocycles. The molecular formula is C24H28N4O3S2. The third-order valence-electron chi connectivity index (χ3n) is 6.66. The third kappa shape index (κ3) is 4.62. The SMILES string of the molecule is O=C(C1CCN(S(=O)(=O)c2ccc3ccccc3c2)CC1)N1CCCN(c2nccs2)CC1. The number of hydrogen-bond donors (Lipinski definition) is 0. The maximum absolute atomic E-state index is 13.2. The van der Waals surface area contributed by atoms with Crippen molar-refractivity contribution in [1.29, 1.82) is 0 Å². The van der Waals surface area contributed by atoms with E-state index < -0.39 is 10.0 Å². The van der Waals surface area contributed by atoms with Crippen molar-refractivity contribution in [2.75, 3.05) is 44.2 Å². The number of anilines is 1. The predicted octanol–water partition coefficient (Wildman–Crippen LogP) is 3.44. The summed E-state index contributed by atoms with van der Waals surface area (Å²) in [5.41, 5.74) is 0. The Bertz CT molecular complexity index is 1220. The van der Waals surface area contributed by atoms with E-state index in [9.17, 15) is 13.2 Å². The molecule has 2 saturated heterocycles. The second-order valence-corrected chi connectivity index (χ2v) is 11.5. The van der Waals surface area contributed by atoms with Gasteiger partial charge in [0.05, 0.1) is 4.90 Å². The van der Waals surface area contributed by atoms with Gasteiger partial charge in [0.15, 0.2) is 5.13 Å². The van der Waals surface area contributed by atoms with E-state index in [4.69, 9.17) is 0 Å². The Morgan fingerprint density at radius 1 is 0.939 bits per heavy atom. The summed E-state index contributed by atoms with van der Waals surface area (Å²) in [7, 11) is -3.57. The molecule has 0 spiro atoms. The Labute approximate surface area is 198 Å². The number of carbonyl (C=O) groups excluding carboxylic acids is 1. The number of sulfonamides is 1. The lowest BCUT2D eigenvalue weighted by atomic mass is 9.96. The summed E-state index contributed by atoms with van der Waals surface area (Å²) in [4.78, 5) is 22.1. The summed E-state index contributed by atoms with van der Waals surface area (Å²) >= 11 is 1.63. The van der Waals surface area contributed by atoms with Crippen molar-refractivity contribution in [2.24, 2.45) is 5.92 Å². The average Bonchev–Trinajstić information content (AvgIpc) is 3.28. The van der Waals surface area contributed by atoms with Crippen molar-refractivity contribution >= 4 is 43.2 Å². The summed E-state index contributed by atoms with van der Waals surface area (Å²) in [5, 5.41) is 4.92. The van der Waals surface area contributed by atoms with Crippen LogP contribution in [0.3, 0.4) is 0 Å². The van der Waals surface area contributed by atoms with Crippen molar-refractivity contribution in [2.45, 2.75) is 24.2 Å². The lowest BCUT2D eigenvalue weighted by Crippen LogP contribution is -2.45. The second-order valence-electron chi connectivity index (χ2n) is 8.67. The first kappa shape index (κ1) is 22.3. The van der Waals surface area contributed by atoms with E-state index in [2.05, 4.69) is 9.88 Å². The minimum Gasteiger partial charge on any atom is -0.346 e. The Hall–Kier alpha value is -2.49. The van der Waals surface area contributed by atoms with Gasteiger partial charge in [-0.25, -0.2) is 13.4 Å². The van der Waals surface area contributed by atoms with E-state index in [0.29, 0.717) is 37.4 Å². The molecule has 2 aliphatic heterocycles. The average molecular weight is 485 g/mol. The van der Waals surface area contributed by atoms with Crippen LogP contribution in [0.25, 0.3) is 10.8 Å². The highest BCUT2D eigenvalue weighted by molar-refractivity contribution is 7.89. The number of thiazole rings is 1. The topological polar surface area (TPSA) is 73.8 Å². The molecule has 0 bridgehead atoms. The minimum atomic E-state index is -3.57. The van der Waals surface area contributed by atoms with Crippen LogP contribution < -0.4 is 4.90 Å². The van der Waals surface area contributed by atoms with Crippen LogP contribution >= 0.6 is 11.3 Å². The largest absolute Gasteiger partial charge is 0.346 e. The van der Waals surface area contributed by atoms with E-state index in [0.717, 1.165) is 42.0 Å². The number of fused-ring (bicyclic) bond motifs is 1. The summed E-state index contributed by atoms with van der Waals surface area (Å²) in [6.07, 6.45) is 3.87. The van der Waals surface area contributed by atoms with Gasteiger partial charge in [0.1, 0.15) is 0 Å². The highest BCUT2D eigenvalue weighted by Crippen LogP contribution is 2.28. The number of hydrogen-bond acceptors (Lipinski definition) is 6. The molecule has 0 aliphatic carbocycles. The molecule has 9 heteroatoms. The zero-order valence-corrected chi connectivity index (χ0v) is 20.1. The van der Waals surface area contributed by atoms with E-state index in [1.54, 1.807) is 23.5 Å². The van der Waals surface area contributed by atoms with Crippen LogP contribution in [0, 0.1) is 5.92 Å². The molecule has 3 heterocycles. The molecule has 2 fully saturated rings. The fraction of sp³-hybridized carbons (Fsp3) is 0.417. The van der Waals surface area contributed by atoms with Gasteiger partial charge >= 0.3 is 0 Å². The van der Waals surface area contributed by atoms with Crippen LogP contribution in [-0.4, -0.2) is 67.8 Å². The molecular weight excluding hydrogens is 456 g/mol. The Kier molecular flexibility index (Phi) is 6.36. The van der Waals surface area contributed by atoms with Crippen LogP contribution in [0.5, 0.6) is 0 Å². The van der Waals surface area contributed by atoms with Gasteiger partial charge in [0.25, 0.3) is 0 Å². The van der Waals surface area contributed by atoms with Crippen molar-refractivity contribution in [3.8, 4) is 0 Å². The van der Waals surface area contributed by atoms with Gasteiger partial charge in [-0.2, -0.15) is 4.31 Å². The smallest absolute Gasteiger partial charge is 0.243 e. The number of carbonyl (C=O) groups is 1. The summed E-state index contributed by atoms with van der Waals surface area (Å²) in [6, 6.07) is 13.0. The van der Waals surface area contributed by atoms with E-state index in [1.165, 1.54) is 4.31 Å². The molecule has 1 aromatic heterocycles. The standard InChI is InChI=1S/C24H28N4O3S2/c29-23(26-11-3-12-27(16-15-26)24-25-10-17-32-24)20-8-13-28(14-9-20)33(30,31)22-7-6-19-4-1-2-5-21(19)18-22/h1-2,4-7,10,17-18,20H,3,8-9,11-16H2. The van der Waals surface area contributed by atoms with Gasteiger partial charge in [0.2, 0.25) is 15.9 Å². The van der Waals surface area contributed by atoms with Crippen LogP contribution in [0.2, 0.25) is 0 Å². The second kappa shape index (κ2) is 9.40. The first-order valence-corrected chi connectivity index (χ1v) is 13.8. The first-order chi connectivity index (χ1) is 16.0. The van der Waals surface area contributed by atoms with Crippen LogP contribution in [0.15, 0.2) is 58.9 Å². The molecule has 0 N–H and O–H groups in total. The molecule has 3 aromatic rings. The minimum absolute atomic E-state index is 0.112. The van der Waals surface area contributed by atoms with Gasteiger partial charge in [-0.3, -0.25) is 4.79 Å². The Balaban J connectivity index is 1.20. The normalized spacial score (nSPS) is 19.0. The van der Waals surface area contributed by atoms with Crippen LogP contribution in [0.1, 0.15) is 19.3 Å². The molecule has 0 unspecified atom stereocenters. The van der Waals surface area contributed by atoms with Gasteiger partial charge < -0.3 is 9.80 Å². The highest BCUT2D eigenvalue weighted by Gasteiger charge is 2.34. The molecule has 174 valence electrons. The lowest BCUT2D eigenvalue weighted by molar-refractivity contribution is -0.136. The molecule has 33 heavy (non-hydrogen) atoms. The van der Waals surface area contributed by atoms with Gasteiger partial charge in [-0.1, -0.05) is 30.3 Å². The fourth-order valence-electron chi connectivity index (χ4n) is 4.78. The first-order valence-electron chi connectivity index (χ1n) is 11.4. The van der Waals surface area contributed by atoms with Gasteiger partial charge in [-0.05, 0) is 42.2 Å². The molecule has 0 radical (unpaired) electrons. The monoisotopic (exact) mass is 484 g/mol. The number of rotatable bonds is 4. The van der Waals surface area contributed by atoms with Crippen molar-refractivity contribution in [1.82, 2.24) is 14.2 Å². The number of benzene rings is 2. The molecule has 1 amide bonds. The number of piperidine rings is 1. The summed E-state index contributed by atoms with van der Waals surface area (Å²) < 4.78 is 28.0. The molecule has 0 saturated carbocycles. The quantitative estimate of drug-likeness (QED) is 0.567. The molecule has 7 nitrogen and oxygen atoms in total. The van der Waals surface area contributed by atoms with Gasteiger partial charge in [-0.15, -0.1) is 11.3 Å². The third-order valence-corrected chi connectivity index (χ3v) is 9.39. The molecule has 5 rings (SSSR count). The van der Waals surface area contributed by atoms with Crippen LogP contribution in [-0.2, 0) is 14.8 Å². The lowest BCUT2D eigenvalue weighted by Gasteiger charge is -2.33. The van der Waals surface area contributed by atoms with E-state index in [1.807, 2.05) is 46.8 Å². The maximum atomic E-state index is 13.2. The fourth-order valence-corrected chi connectivity index (χ4v) is 6.98. The van der Waals surface area contributed by atoms with Crippen molar-refractivity contribution in [3.05, 3.63) is 54.0 Å². The molecule has 0 atom stereocenters. The number of nitrogens with zero attached hydrogens (tertiary/aromatic N) is 4. The Morgan fingerprint density at radius 2 is 1.73 bits per heavy atom. The van der Waals surface area contributed by atoms with E-state index >= 15 is 0 Å². The zero-order chi connectivity index (χ0) is 22.8. The summed E-state index contributed by atoms with van der Waals surface area (Å²) in [5.74, 6) is 0.0539. The van der Waals surface area contributed by atoms with Crippen molar-refractivity contribution < 1.29 is 13.2 Å². The number of amides is 1. The Morgan fingerprint density at radius 3 is 2.48 bits per heavy atom. The van der Waals surface area contributed by atoms with Crippen molar-refractivity contribution in [3.63, 3.8) is 0 Å². The number of aromatic nitrogens is 1. The highest BCUT2D eigenvalue weighted by atomic mass is 32.2. The summed E-state index contributed by atoms with van der Waals surface area (Å²) in [6.45, 7) is 3.88. The maximum Gasteiger partial charge on any atom is 0.243 e. The van der Waals surface area contributed by atoms with E-state index in [-0.39, 0.29) is 11.8 Å². The molecule has 2 aliphatic rings. The van der Waals surface area contributed by atoms with Crippen LogP contribution in [0.4, 0.5) is 5.13 Å².